The lowest BCUT2D eigenvalue weighted by atomic mass is 10.0. The van der Waals surface area contributed by atoms with E-state index in [4.69, 9.17) is 0 Å². The van der Waals surface area contributed by atoms with E-state index in [1.165, 1.54) is 15.6 Å². The number of carbonyl (C=O) groups is 1. The van der Waals surface area contributed by atoms with Gasteiger partial charge in [-0.25, -0.2) is 13.4 Å². The molecule has 1 aromatic carbocycles. The number of aryl methyl sites for hydroxylation is 2. The Kier molecular flexibility index (Phi) is 4.63. The second-order valence-electron chi connectivity index (χ2n) is 6.32. The highest BCUT2D eigenvalue weighted by Gasteiger charge is 2.34. The maximum atomic E-state index is 12.6. The lowest BCUT2D eigenvalue weighted by Gasteiger charge is -2.32. The van der Waals surface area contributed by atoms with Crippen LogP contribution in [0.15, 0.2) is 12.1 Å². The van der Waals surface area contributed by atoms with Crippen LogP contribution in [0.4, 0.5) is 5.13 Å². The maximum Gasteiger partial charge on any atom is 0.244 e. The van der Waals surface area contributed by atoms with Gasteiger partial charge in [0.05, 0.1) is 16.5 Å². The summed E-state index contributed by atoms with van der Waals surface area (Å²) in [6.45, 7) is 4.43. The van der Waals surface area contributed by atoms with E-state index < -0.39 is 16.1 Å². The number of nitrogens with zero attached hydrogens (tertiary/aromatic N) is 2. The minimum Gasteiger partial charge on any atom is -0.301 e. The third-order valence-corrected chi connectivity index (χ3v) is 6.64. The van der Waals surface area contributed by atoms with Gasteiger partial charge in [-0.05, 0) is 43.9 Å². The van der Waals surface area contributed by atoms with E-state index in [1.807, 2.05) is 19.9 Å². The molecule has 0 unspecified atom stereocenters. The second-order valence-corrected chi connectivity index (χ2v) is 9.26. The van der Waals surface area contributed by atoms with E-state index in [1.54, 1.807) is 0 Å². The van der Waals surface area contributed by atoms with Gasteiger partial charge in [-0.15, -0.1) is 0 Å². The van der Waals surface area contributed by atoms with Gasteiger partial charge in [-0.1, -0.05) is 23.8 Å². The number of nitrogens with one attached hydrogen (secondary N) is 1. The summed E-state index contributed by atoms with van der Waals surface area (Å²) in [6.07, 6.45) is 3.34. The average molecular weight is 367 g/mol. The highest BCUT2D eigenvalue weighted by Crippen LogP contribution is 2.30. The topological polar surface area (TPSA) is 79.4 Å². The van der Waals surface area contributed by atoms with Crippen molar-refractivity contribution in [2.24, 2.45) is 0 Å². The van der Waals surface area contributed by atoms with Gasteiger partial charge < -0.3 is 5.32 Å². The number of benzene rings is 1. The minimum absolute atomic E-state index is 0.298. The molecule has 3 rings (SSSR count). The van der Waals surface area contributed by atoms with E-state index >= 15 is 0 Å². The number of aromatic nitrogens is 1. The average Bonchev–Trinajstić information content (AvgIpc) is 2.89. The Labute approximate surface area is 145 Å². The monoisotopic (exact) mass is 367 g/mol. The van der Waals surface area contributed by atoms with Gasteiger partial charge in [0, 0.05) is 6.54 Å². The molecule has 0 radical (unpaired) electrons. The lowest BCUT2D eigenvalue weighted by Crippen LogP contribution is -2.49. The third-order valence-electron chi connectivity index (χ3n) is 4.23. The van der Waals surface area contributed by atoms with Crippen molar-refractivity contribution >= 4 is 42.6 Å². The standard InChI is InChI=1S/C16H21N3O3S2/c1-10-8-11(2)14-12(9-10)17-16(23-14)18-15(20)13-6-4-5-7-19(13)24(3,21)22/h8-9,13H,4-7H2,1-3H3,(H,17,18,20)/t13-/m0/s1. The molecular formula is C16H21N3O3S2. The Bertz CT molecular complexity index is 889. The molecule has 1 atom stereocenters. The lowest BCUT2D eigenvalue weighted by molar-refractivity contribution is -0.120. The molecular weight excluding hydrogens is 346 g/mol. The number of hydrogen-bond donors (Lipinski definition) is 1. The quantitative estimate of drug-likeness (QED) is 0.904. The molecule has 1 aliphatic heterocycles. The zero-order valence-electron chi connectivity index (χ0n) is 14.0. The Morgan fingerprint density at radius 3 is 2.79 bits per heavy atom. The van der Waals surface area contributed by atoms with Crippen LogP contribution in [0.25, 0.3) is 10.2 Å². The molecule has 1 aliphatic rings. The summed E-state index contributed by atoms with van der Waals surface area (Å²) in [4.78, 5) is 17.1. The zero-order valence-corrected chi connectivity index (χ0v) is 15.6. The summed E-state index contributed by atoms with van der Waals surface area (Å²) in [5, 5.41) is 3.33. The molecule has 1 saturated heterocycles. The number of anilines is 1. The number of sulfonamides is 1. The van der Waals surface area contributed by atoms with Gasteiger partial charge >= 0.3 is 0 Å². The van der Waals surface area contributed by atoms with E-state index in [0.29, 0.717) is 18.1 Å². The molecule has 2 aromatic rings. The molecule has 1 amide bonds. The number of rotatable bonds is 3. The van der Waals surface area contributed by atoms with E-state index in [2.05, 4.69) is 16.4 Å². The predicted molar refractivity (Wildman–Crippen MR) is 96.9 cm³/mol. The molecule has 0 saturated carbocycles. The molecule has 1 fully saturated rings. The fourth-order valence-corrected chi connectivity index (χ4v) is 5.22. The molecule has 1 aromatic heterocycles. The normalized spacial score (nSPS) is 19.5. The van der Waals surface area contributed by atoms with Crippen molar-refractivity contribution in [2.75, 3.05) is 18.1 Å². The molecule has 0 aliphatic carbocycles. The van der Waals surface area contributed by atoms with Gasteiger partial charge in [0.2, 0.25) is 15.9 Å². The van der Waals surface area contributed by atoms with Crippen LogP contribution in [0.1, 0.15) is 30.4 Å². The summed E-state index contributed by atoms with van der Waals surface area (Å²) < 4.78 is 26.2. The molecule has 0 bridgehead atoms. The Balaban J connectivity index is 1.85. The van der Waals surface area contributed by atoms with Gasteiger partial charge in [-0.3, -0.25) is 4.79 Å². The van der Waals surface area contributed by atoms with Crippen molar-refractivity contribution < 1.29 is 13.2 Å². The molecule has 0 spiro atoms. The van der Waals surface area contributed by atoms with Gasteiger partial charge in [-0.2, -0.15) is 4.31 Å². The first-order chi connectivity index (χ1) is 11.3. The van der Waals surface area contributed by atoms with Crippen LogP contribution in [0, 0.1) is 13.8 Å². The van der Waals surface area contributed by atoms with Crippen molar-refractivity contribution in [1.29, 1.82) is 0 Å². The van der Waals surface area contributed by atoms with E-state index in [0.717, 1.165) is 40.4 Å². The van der Waals surface area contributed by atoms with Crippen LogP contribution in [0.2, 0.25) is 0 Å². The smallest absolute Gasteiger partial charge is 0.244 e. The molecule has 24 heavy (non-hydrogen) atoms. The summed E-state index contributed by atoms with van der Waals surface area (Å²) in [5.74, 6) is -0.298. The highest BCUT2D eigenvalue weighted by atomic mass is 32.2. The van der Waals surface area contributed by atoms with Crippen molar-refractivity contribution in [3.05, 3.63) is 23.3 Å². The van der Waals surface area contributed by atoms with E-state index in [9.17, 15) is 13.2 Å². The third kappa shape index (κ3) is 3.45. The fraction of sp³-hybridized carbons (Fsp3) is 0.500. The van der Waals surface area contributed by atoms with Gasteiger partial charge in [0.15, 0.2) is 5.13 Å². The summed E-state index contributed by atoms with van der Waals surface area (Å²) in [6, 6.07) is 3.42. The molecule has 2 heterocycles. The van der Waals surface area contributed by atoms with Gasteiger partial charge in [0.25, 0.3) is 0 Å². The number of amides is 1. The first-order valence-corrected chi connectivity index (χ1v) is 10.6. The summed E-state index contributed by atoms with van der Waals surface area (Å²) >= 11 is 1.42. The van der Waals surface area contributed by atoms with Crippen LogP contribution in [0.5, 0.6) is 0 Å². The SMILES string of the molecule is Cc1cc(C)c2sc(NC(=O)[C@@H]3CCCCN3S(C)(=O)=O)nc2c1. The van der Waals surface area contributed by atoms with Crippen LogP contribution in [-0.2, 0) is 14.8 Å². The molecule has 6 nitrogen and oxygen atoms in total. The van der Waals surface area contributed by atoms with Crippen LogP contribution in [0.3, 0.4) is 0 Å². The Morgan fingerprint density at radius 2 is 2.08 bits per heavy atom. The highest BCUT2D eigenvalue weighted by molar-refractivity contribution is 7.88. The summed E-state index contributed by atoms with van der Waals surface area (Å²) in [5.41, 5.74) is 3.11. The molecule has 130 valence electrons. The summed E-state index contributed by atoms with van der Waals surface area (Å²) in [7, 11) is -3.39. The zero-order chi connectivity index (χ0) is 17.5. The first kappa shape index (κ1) is 17.3. The van der Waals surface area contributed by atoms with Crippen molar-refractivity contribution in [1.82, 2.24) is 9.29 Å². The number of fused-ring (bicyclic) bond motifs is 1. The van der Waals surface area contributed by atoms with Crippen molar-refractivity contribution in [3.8, 4) is 0 Å². The van der Waals surface area contributed by atoms with Crippen LogP contribution < -0.4 is 5.32 Å². The van der Waals surface area contributed by atoms with Crippen LogP contribution in [-0.4, -0.2) is 42.5 Å². The largest absolute Gasteiger partial charge is 0.301 e. The van der Waals surface area contributed by atoms with E-state index in [-0.39, 0.29) is 5.91 Å². The van der Waals surface area contributed by atoms with Gasteiger partial charge in [0.1, 0.15) is 6.04 Å². The Morgan fingerprint density at radius 1 is 1.33 bits per heavy atom. The second kappa shape index (κ2) is 6.42. The van der Waals surface area contributed by atoms with Crippen molar-refractivity contribution in [2.45, 2.75) is 39.2 Å². The fourth-order valence-electron chi connectivity index (χ4n) is 3.18. The number of thiazole rings is 1. The number of carbonyl (C=O) groups excluding carboxylic acids is 1. The minimum atomic E-state index is -3.39. The molecule has 8 heteroatoms. The number of piperidine rings is 1. The Hall–Kier alpha value is -1.51. The predicted octanol–water partition coefficient (Wildman–Crippen LogP) is 2.67. The first-order valence-electron chi connectivity index (χ1n) is 7.91. The number of hydrogen-bond acceptors (Lipinski definition) is 5. The van der Waals surface area contributed by atoms with Crippen molar-refractivity contribution in [3.63, 3.8) is 0 Å². The van der Waals surface area contributed by atoms with Crippen LogP contribution >= 0.6 is 11.3 Å². The molecule has 1 N–H and O–H groups in total. The maximum absolute atomic E-state index is 12.6.